The minimum absolute atomic E-state index is 0.0320. The lowest BCUT2D eigenvalue weighted by atomic mass is 9.95. The molecule has 31 heavy (non-hydrogen) atoms. The van der Waals surface area contributed by atoms with Crippen LogP contribution in [0.5, 0.6) is 0 Å². The van der Waals surface area contributed by atoms with Gasteiger partial charge in [-0.25, -0.2) is 4.68 Å². The molecule has 0 unspecified atom stereocenters. The number of benzene rings is 1. The van der Waals surface area contributed by atoms with Crippen molar-refractivity contribution in [3.8, 4) is 0 Å². The molecule has 2 amide bonds. The molecule has 0 spiro atoms. The van der Waals surface area contributed by atoms with Gasteiger partial charge in [-0.1, -0.05) is 48.9 Å². The summed E-state index contributed by atoms with van der Waals surface area (Å²) in [5, 5.41) is 11.4. The van der Waals surface area contributed by atoms with Gasteiger partial charge in [0.1, 0.15) is 6.10 Å². The number of fused-ring (bicyclic) bond motifs is 1. The van der Waals surface area contributed by atoms with Crippen LogP contribution in [0.25, 0.3) is 0 Å². The number of likely N-dealkylation sites (tertiary alicyclic amines) is 1. The number of nitrogens with one attached hydrogen (secondary N) is 1. The lowest BCUT2D eigenvalue weighted by Gasteiger charge is -2.31. The summed E-state index contributed by atoms with van der Waals surface area (Å²) in [5.41, 5.74) is 3.39. The predicted octanol–water partition coefficient (Wildman–Crippen LogP) is 2.48. The van der Waals surface area contributed by atoms with Crippen LogP contribution < -0.4 is 5.32 Å². The molecular formula is C23H31N5O3. The normalized spacial score (nSPS) is 19.4. The van der Waals surface area contributed by atoms with Crippen LogP contribution in [-0.2, 0) is 22.7 Å². The molecule has 2 aliphatic heterocycles. The Labute approximate surface area is 182 Å². The summed E-state index contributed by atoms with van der Waals surface area (Å²) in [4.78, 5) is 27.2. The largest absolute Gasteiger partial charge is 0.365 e. The van der Waals surface area contributed by atoms with Crippen LogP contribution >= 0.6 is 0 Å². The summed E-state index contributed by atoms with van der Waals surface area (Å²) < 4.78 is 7.82. The molecule has 4 rings (SSSR count). The van der Waals surface area contributed by atoms with E-state index < -0.39 is 0 Å². The molecule has 1 saturated heterocycles. The Morgan fingerprint density at radius 1 is 1.19 bits per heavy atom. The van der Waals surface area contributed by atoms with Crippen molar-refractivity contribution in [3.63, 3.8) is 0 Å². The van der Waals surface area contributed by atoms with Crippen molar-refractivity contribution in [2.45, 2.75) is 52.9 Å². The number of aromatic nitrogens is 3. The summed E-state index contributed by atoms with van der Waals surface area (Å²) >= 11 is 0. The van der Waals surface area contributed by atoms with Crippen LogP contribution in [0.15, 0.2) is 24.3 Å². The van der Waals surface area contributed by atoms with Gasteiger partial charge in [0.2, 0.25) is 5.91 Å². The number of carbonyl (C=O) groups excluding carboxylic acids is 2. The smallest absolute Gasteiger partial charge is 0.276 e. The number of hydrogen-bond acceptors (Lipinski definition) is 5. The van der Waals surface area contributed by atoms with E-state index in [4.69, 9.17) is 4.74 Å². The van der Waals surface area contributed by atoms with Gasteiger partial charge < -0.3 is 15.0 Å². The van der Waals surface area contributed by atoms with E-state index in [0.717, 1.165) is 11.3 Å². The quantitative estimate of drug-likeness (QED) is 0.795. The molecule has 166 valence electrons. The molecule has 0 aliphatic carbocycles. The molecule has 0 radical (unpaired) electrons. The van der Waals surface area contributed by atoms with Crippen molar-refractivity contribution in [2.75, 3.05) is 19.6 Å². The van der Waals surface area contributed by atoms with E-state index in [1.54, 1.807) is 9.58 Å². The zero-order valence-corrected chi connectivity index (χ0v) is 18.5. The number of rotatable bonds is 5. The van der Waals surface area contributed by atoms with Gasteiger partial charge in [0, 0.05) is 25.6 Å². The second kappa shape index (κ2) is 9.18. The minimum atomic E-state index is -0.125. The highest BCUT2D eigenvalue weighted by molar-refractivity contribution is 5.93. The molecule has 1 N–H and O–H groups in total. The molecule has 1 atom stereocenters. The fourth-order valence-corrected chi connectivity index (χ4v) is 4.10. The Bertz CT molecular complexity index is 929. The first-order valence-corrected chi connectivity index (χ1v) is 11.1. The molecule has 1 aromatic heterocycles. The van der Waals surface area contributed by atoms with Crippen molar-refractivity contribution >= 4 is 11.8 Å². The van der Waals surface area contributed by atoms with Crippen molar-refractivity contribution < 1.29 is 14.3 Å². The van der Waals surface area contributed by atoms with Crippen molar-refractivity contribution in [1.29, 1.82) is 0 Å². The number of nitrogens with zero attached hydrogens (tertiary/aromatic N) is 4. The molecule has 2 aliphatic rings. The highest BCUT2D eigenvalue weighted by Gasteiger charge is 2.33. The summed E-state index contributed by atoms with van der Waals surface area (Å²) in [6, 6.07) is 8.26. The van der Waals surface area contributed by atoms with Gasteiger partial charge in [-0.15, -0.1) is 5.10 Å². The molecule has 2 aromatic rings. The first-order valence-electron chi connectivity index (χ1n) is 11.1. The number of ether oxygens (including phenoxy) is 1. The van der Waals surface area contributed by atoms with Gasteiger partial charge in [0.05, 0.1) is 18.8 Å². The van der Waals surface area contributed by atoms with Crippen molar-refractivity contribution in [2.24, 2.45) is 11.8 Å². The highest BCUT2D eigenvalue weighted by Crippen LogP contribution is 2.28. The third kappa shape index (κ3) is 4.79. The Balaban J connectivity index is 1.36. The van der Waals surface area contributed by atoms with E-state index in [0.29, 0.717) is 57.2 Å². The summed E-state index contributed by atoms with van der Waals surface area (Å²) in [6.45, 7) is 8.85. The predicted molar refractivity (Wildman–Crippen MR) is 115 cm³/mol. The lowest BCUT2D eigenvalue weighted by molar-refractivity contribution is -0.126. The summed E-state index contributed by atoms with van der Waals surface area (Å²) in [7, 11) is 0. The van der Waals surface area contributed by atoms with E-state index >= 15 is 0 Å². The third-order valence-corrected chi connectivity index (χ3v) is 6.09. The molecule has 0 saturated carbocycles. The summed E-state index contributed by atoms with van der Waals surface area (Å²) in [6.07, 6.45) is 1.24. The van der Waals surface area contributed by atoms with E-state index in [-0.39, 0.29) is 23.8 Å². The minimum Gasteiger partial charge on any atom is -0.365 e. The number of aryl methyl sites for hydroxylation is 1. The SMILES string of the molecule is Cc1ccc([C@@H]2Cn3nnc(C(=O)N4CCC(C(=O)NCC(C)C)CC4)c3CO2)cc1. The molecule has 8 nitrogen and oxygen atoms in total. The Morgan fingerprint density at radius 3 is 2.58 bits per heavy atom. The molecule has 1 fully saturated rings. The number of carbonyl (C=O) groups is 2. The van der Waals surface area contributed by atoms with Crippen molar-refractivity contribution in [3.05, 3.63) is 46.8 Å². The Kier molecular flexibility index (Phi) is 6.36. The van der Waals surface area contributed by atoms with E-state index in [1.807, 2.05) is 0 Å². The maximum Gasteiger partial charge on any atom is 0.276 e. The Hall–Kier alpha value is -2.74. The van der Waals surface area contributed by atoms with E-state index in [2.05, 4.69) is 60.7 Å². The first kappa shape index (κ1) is 21.5. The van der Waals surface area contributed by atoms with Crippen LogP contribution in [0.2, 0.25) is 0 Å². The monoisotopic (exact) mass is 425 g/mol. The fraction of sp³-hybridized carbons (Fsp3) is 0.565. The molecular weight excluding hydrogens is 394 g/mol. The highest BCUT2D eigenvalue weighted by atomic mass is 16.5. The van der Waals surface area contributed by atoms with Crippen LogP contribution in [0.1, 0.15) is 60.1 Å². The Morgan fingerprint density at radius 2 is 1.90 bits per heavy atom. The van der Waals surface area contributed by atoms with Gasteiger partial charge >= 0.3 is 0 Å². The standard InChI is InChI=1S/C23H31N5O3/c1-15(2)12-24-22(29)18-8-10-27(11-9-18)23(30)21-19-14-31-20(13-28(19)26-25-21)17-6-4-16(3)5-7-17/h4-7,15,18,20H,8-14H2,1-3H3,(H,24,29)/t20-/m0/s1. The van der Waals surface area contributed by atoms with Crippen LogP contribution in [0.4, 0.5) is 0 Å². The van der Waals surface area contributed by atoms with Crippen molar-refractivity contribution in [1.82, 2.24) is 25.2 Å². The second-order valence-electron chi connectivity index (χ2n) is 8.98. The number of piperidine rings is 1. The lowest BCUT2D eigenvalue weighted by Crippen LogP contribution is -2.44. The van der Waals surface area contributed by atoms with Crippen LogP contribution in [0.3, 0.4) is 0 Å². The van der Waals surface area contributed by atoms with Crippen LogP contribution in [-0.4, -0.2) is 51.3 Å². The van der Waals surface area contributed by atoms with Gasteiger partial charge in [0.15, 0.2) is 5.69 Å². The average molecular weight is 426 g/mol. The number of amides is 2. The zero-order valence-electron chi connectivity index (χ0n) is 18.5. The number of hydrogen-bond donors (Lipinski definition) is 1. The van der Waals surface area contributed by atoms with Gasteiger partial charge in [-0.3, -0.25) is 9.59 Å². The maximum absolute atomic E-state index is 13.1. The van der Waals surface area contributed by atoms with E-state index in [9.17, 15) is 9.59 Å². The molecule has 0 bridgehead atoms. The molecule has 8 heteroatoms. The first-order chi connectivity index (χ1) is 14.9. The van der Waals surface area contributed by atoms with Gasteiger partial charge in [0.25, 0.3) is 5.91 Å². The summed E-state index contributed by atoms with van der Waals surface area (Å²) in [5.74, 6) is 0.366. The third-order valence-electron chi connectivity index (χ3n) is 6.09. The average Bonchev–Trinajstić information content (AvgIpc) is 3.21. The van der Waals surface area contributed by atoms with Gasteiger partial charge in [-0.05, 0) is 31.2 Å². The van der Waals surface area contributed by atoms with E-state index in [1.165, 1.54) is 5.56 Å². The maximum atomic E-state index is 13.1. The zero-order chi connectivity index (χ0) is 22.0. The van der Waals surface area contributed by atoms with Crippen LogP contribution in [0, 0.1) is 18.8 Å². The molecule has 1 aromatic carbocycles. The fourth-order valence-electron chi connectivity index (χ4n) is 4.10. The second-order valence-corrected chi connectivity index (χ2v) is 8.98. The molecule has 3 heterocycles. The topological polar surface area (TPSA) is 89.4 Å². The van der Waals surface area contributed by atoms with Gasteiger partial charge in [-0.2, -0.15) is 0 Å².